The Balaban J connectivity index is 1.81. The number of halogens is 1. The van der Waals surface area contributed by atoms with Gasteiger partial charge in [-0.05, 0) is 29.7 Å². The number of rotatable bonds is 3. The molecule has 2 aromatic carbocycles. The molecule has 0 aliphatic carbocycles. The van der Waals surface area contributed by atoms with Gasteiger partial charge in [0.25, 0.3) is 0 Å². The first kappa shape index (κ1) is 14.2. The molecule has 0 aromatic heterocycles. The molecule has 0 bridgehead atoms. The number of fused-ring (bicyclic) bond motifs is 1. The predicted molar refractivity (Wildman–Crippen MR) is 91.0 cm³/mol. The molecule has 0 spiro atoms. The fraction of sp³-hybridized carbons (Fsp3) is 0.294. The van der Waals surface area contributed by atoms with E-state index in [1.165, 1.54) is 21.2 Å². The van der Waals surface area contributed by atoms with E-state index in [1.807, 2.05) is 11.8 Å². The summed E-state index contributed by atoms with van der Waals surface area (Å²) in [4.78, 5) is 0. The van der Waals surface area contributed by atoms with Gasteiger partial charge in [-0.25, -0.2) is 0 Å². The van der Waals surface area contributed by atoms with Gasteiger partial charge in [0.2, 0.25) is 0 Å². The molecule has 3 rings (SSSR count). The van der Waals surface area contributed by atoms with Gasteiger partial charge in [0.15, 0.2) is 0 Å². The molecule has 0 saturated heterocycles. The molecule has 104 valence electrons. The molecule has 1 unspecified atom stereocenters. The molecular formula is C17H18BrNS. The Bertz CT molecular complexity index is 599. The molecule has 3 heteroatoms. The second-order valence-electron chi connectivity index (χ2n) is 5.18. The Morgan fingerprint density at radius 2 is 1.90 bits per heavy atom. The van der Waals surface area contributed by atoms with Crippen LogP contribution in [0.3, 0.4) is 0 Å². The van der Waals surface area contributed by atoms with Crippen molar-refractivity contribution in [1.82, 2.24) is 5.32 Å². The number of hydrogen-bond donors (Lipinski definition) is 1. The van der Waals surface area contributed by atoms with Gasteiger partial charge in [-0.2, -0.15) is 11.8 Å². The lowest BCUT2D eigenvalue weighted by molar-refractivity contribution is 0.494. The van der Waals surface area contributed by atoms with E-state index in [4.69, 9.17) is 0 Å². The maximum absolute atomic E-state index is 3.78. The highest BCUT2D eigenvalue weighted by Gasteiger charge is 2.22. The summed E-state index contributed by atoms with van der Waals surface area (Å²) in [5.74, 6) is 2.28. The van der Waals surface area contributed by atoms with Crippen LogP contribution in [0.15, 0.2) is 53.0 Å². The normalized spacial score (nSPS) is 19.4. The van der Waals surface area contributed by atoms with Crippen LogP contribution in [-0.2, 0) is 5.75 Å². The van der Waals surface area contributed by atoms with Crippen LogP contribution in [0.4, 0.5) is 0 Å². The molecule has 1 nitrogen and oxygen atoms in total. The zero-order valence-electron chi connectivity index (χ0n) is 11.5. The lowest BCUT2D eigenvalue weighted by Gasteiger charge is -2.29. The van der Waals surface area contributed by atoms with Crippen molar-refractivity contribution >= 4 is 27.7 Å². The van der Waals surface area contributed by atoms with Crippen LogP contribution in [0, 0.1) is 0 Å². The Hall–Kier alpha value is -0.770. The van der Waals surface area contributed by atoms with Crippen molar-refractivity contribution in [3.63, 3.8) is 0 Å². The van der Waals surface area contributed by atoms with Crippen molar-refractivity contribution in [3.05, 3.63) is 69.7 Å². The number of nitrogens with one attached hydrogen (secondary N) is 1. The van der Waals surface area contributed by atoms with Crippen LogP contribution in [-0.4, -0.2) is 5.75 Å². The van der Waals surface area contributed by atoms with E-state index < -0.39 is 0 Å². The van der Waals surface area contributed by atoms with Crippen LogP contribution in [0.2, 0.25) is 0 Å². The first-order valence-corrected chi connectivity index (χ1v) is 8.86. The highest BCUT2D eigenvalue weighted by Crippen LogP contribution is 2.34. The monoisotopic (exact) mass is 347 g/mol. The third kappa shape index (κ3) is 2.95. The van der Waals surface area contributed by atoms with Crippen LogP contribution in [0.25, 0.3) is 0 Å². The number of thioether (sulfide) groups is 1. The van der Waals surface area contributed by atoms with Crippen LogP contribution in [0.1, 0.15) is 35.7 Å². The van der Waals surface area contributed by atoms with E-state index in [9.17, 15) is 0 Å². The molecule has 1 aliphatic rings. The van der Waals surface area contributed by atoms with Gasteiger partial charge in [-0.1, -0.05) is 58.4 Å². The first-order chi connectivity index (χ1) is 9.75. The lowest BCUT2D eigenvalue weighted by atomic mass is 10.00. The summed E-state index contributed by atoms with van der Waals surface area (Å²) in [6.45, 7) is 2.24. The lowest BCUT2D eigenvalue weighted by Crippen LogP contribution is -2.29. The van der Waals surface area contributed by atoms with Crippen LogP contribution >= 0.6 is 27.7 Å². The molecule has 0 amide bonds. The quantitative estimate of drug-likeness (QED) is 0.829. The van der Waals surface area contributed by atoms with Gasteiger partial charge in [0.1, 0.15) is 0 Å². The first-order valence-electron chi connectivity index (χ1n) is 6.91. The van der Waals surface area contributed by atoms with Crippen LogP contribution < -0.4 is 5.32 Å². The Morgan fingerprint density at radius 3 is 2.75 bits per heavy atom. The standard InChI is InChI=1S/C17H18BrNS/c1-12(14-7-4-5-9-16(14)18)19-17-11-20-10-13-6-2-3-8-15(13)17/h2-9,12,17,19H,10-11H2,1H3/t12-,17?/m1/s1. The fourth-order valence-corrected chi connectivity index (χ4v) is 4.48. The summed E-state index contributed by atoms with van der Waals surface area (Å²) in [7, 11) is 0. The van der Waals surface area contributed by atoms with E-state index in [-0.39, 0.29) is 0 Å². The third-order valence-corrected chi connectivity index (χ3v) is 5.60. The topological polar surface area (TPSA) is 12.0 Å². The average Bonchev–Trinajstić information content (AvgIpc) is 2.48. The minimum atomic E-state index is 0.335. The average molecular weight is 348 g/mol. The summed E-state index contributed by atoms with van der Waals surface area (Å²) in [6.07, 6.45) is 0. The Labute approximate surface area is 133 Å². The van der Waals surface area contributed by atoms with Crippen molar-refractivity contribution in [2.24, 2.45) is 0 Å². The molecule has 0 radical (unpaired) electrons. The van der Waals surface area contributed by atoms with Gasteiger partial charge < -0.3 is 5.32 Å². The van der Waals surface area contributed by atoms with Crippen LogP contribution in [0.5, 0.6) is 0 Å². The largest absolute Gasteiger partial charge is 0.303 e. The summed E-state index contributed by atoms with van der Waals surface area (Å²) < 4.78 is 1.18. The van der Waals surface area contributed by atoms with Crippen molar-refractivity contribution in [2.45, 2.75) is 24.8 Å². The minimum absolute atomic E-state index is 0.335. The van der Waals surface area contributed by atoms with Gasteiger partial charge in [0.05, 0.1) is 0 Å². The Kier molecular flexibility index (Phi) is 4.49. The molecule has 2 aromatic rings. The van der Waals surface area contributed by atoms with E-state index in [0.717, 1.165) is 11.5 Å². The molecule has 1 heterocycles. The molecular weight excluding hydrogens is 330 g/mol. The van der Waals surface area contributed by atoms with Gasteiger partial charge in [-0.15, -0.1) is 0 Å². The smallest absolute Gasteiger partial charge is 0.0419 e. The summed E-state index contributed by atoms with van der Waals surface area (Å²) >= 11 is 5.66. The molecule has 2 atom stereocenters. The maximum Gasteiger partial charge on any atom is 0.0419 e. The second-order valence-corrected chi connectivity index (χ2v) is 7.06. The van der Waals surface area contributed by atoms with Crippen molar-refractivity contribution in [3.8, 4) is 0 Å². The fourth-order valence-electron chi connectivity index (χ4n) is 2.74. The molecule has 20 heavy (non-hydrogen) atoms. The van der Waals surface area contributed by atoms with Gasteiger partial charge in [0, 0.05) is 28.1 Å². The van der Waals surface area contributed by atoms with E-state index in [0.29, 0.717) is 12.1 Å². The summed E-state index contributed by atoms with van der Waals surface area (Å²) in [6, 6.07) is 18.0. The molecule has 0 fully saturated rings. The van der Waals surface area contributed by atoms with Gasteiger partial charge in [-0.3, -0.25) is 0 Å². The highest BCUT2D eigenvalue weighted by atomic mass is 79.9. The second kappa shape index (κ2) is 6.33. The van der Waals surface area contributed by atoms with E-state index in [2.05, 4.69) is 76.7 Å². The third-order valence-electron chi connectivity index (χ3n) is 3.80. The highest BCUT2D eigenvalue weighted by molar-refractivity contribution is 9.10. The minimum Gasteiger partial charge on any atom is -0.303 e. The van der Waals surface area contributed by atoms with Gasteiger partial charge >= 0.3 is 0 Å². The Morgan fingerprint density at radius 1 is 1.15 bits per heavy atom. The van der Waals surface area contributed by atoms with Crippen molar-refractivity contribution in [2.75, 3.05) is 5.75 Å². The molecule has 0 saturated carbocycles. The molecule has 1 aliphatic heterocycles. The van der Waals surface area contributed by atoms with Crippen molar-refractivity contribution in [1.29, 1.82) is 0 Å². The number of benzene rings is 2. The zero-order chi connectivity index (χ0) is 13.9. The summed E-state index contributed by atoms with van der Waals surface area (Å²) in [5, 5.41) is 3.78. The van der Waals surface area contributed by atoms with E-state index in [1.54, 1.807) is 0 Å². The number of hydrogen-bond acceptors (Lipinski definition) is 2. The van der Waals surface area contributed by atoms with E-state index >= 15 is 0 Å². The molecule has 1 N–H and O–H groups in total. The zero-order valence-corrected chi connectivity index (χ0v) is 13.9. The summed E-state index contributed by atoms with van der Waals surface area (Å²) in [5.41, 5.74) is 4.26. The SMILES string of the molecule is C[C@@H](NC1CSCc2ccccc21)c1ccccc1Br. The van der Waals surface area contributed by atoms with Crippen molar-refractivity contribution < 1.29 is 0 Å². The predicted octanol–water partition coefficient (Wildman–Crippen LogP) is 5.09. The maximum atomic E-state index is 3.78.